The summed E-state index contributed by atoms with van der Waals surface area (Å²) >= 11 is 3.49. The summed E-state index contributed by atoms with van der Waals surface area (Å²) in [5.41, 5.74) is 1.15. The second-order valence-electron chi connectivity index (χ2n) is 5.70. The molecule has 0 aromatic heterocycles. The molecule has 2 atom stereocenters. The summed E-state index contributed by atoms with van der Waals surface area (Å²) in [5, 5.41) is 3.64. The minimum atomic E-state index is 0.557. The summed E-state index contributed by atoms with van der Waals surface area (Å²) in [7, 11) is 1.70. The fourth-order valence-corrected chi connectivity index (χ4v) is 3.47. The number of rotatable bonds is 4. The third-order valence-corrected chi connectivity index (χ3v) is 4.82. The third kappa shape index (κ3) is 2.90. The average molecular weight is 325 g/mol. The molecule has 3 nitrogen and oxygen atoms in total. The molecule has 2 unspecified atom stereocenters. The lowest BCUT2D eigenvalue weighted by Gasteiger charge is -2.20. The maximum Gasteiger partial charge on any atom is 0.135 e. The molecular formula is C15H21BrN2O. The van der Waals surface area contributed by atoms with Gasteiger partial charge < -0.3 is 10.1 Å². The molecule has 1 aliphatic heterocycles. The van der Waals surface area contributed by atoms with Crippen LogP contribution in [0.4, 0.5) is 5.69 Å². The lowest BCUT2D eigenvalue weighted by Crippen LogP contribution is -2.31. The van der Waals surface area contributed by atoms with Gasteiger partial charge in [-0.25, -0.2) is 0 Å². The number of hydrogen-bond donors (Lipinski definition) is 1. The predicted molar refractivity (Wildman–Crippen MR) is 81.9 cm³/mol. The molecule has 0 radical (unpaired) electrons. The van der Waals surface area contributed by atoms with Crippen molar-refractivity contribution in [3.63, 3.8) is 0 Å². The zero-order valence-corrected chi connectivity index (χ0v) is 13.1. The van der Waals surface area contributed by atoms with Crippen molar-refractivity contribution < 1.29 is 4.74 Å². The smallest absolute Gasteiger partial charge is 0.135 e. The Balaban J connectivity index is 1.65. The molecule has 1 saturated carbocycles. The minimum absolute atomic E-state index is 0.557. The first kappa shape index (κ1) is 13.3. The molecule has 104 valence electrons. The van der Waals surface area contributed by atoms with Crippen molar-refractivity contribution in [1.82, 2.24) is 4.90 Å². The van der Waals surface area contributed by atoms with Gasteiger partial charge in [-0.1, -0.05) is 0 Å². The zero-order valence-electron chi connectivity index (χ0n) is 11.5. The molecule has 0 bridgehead atoms. The first-order chi connectivity index (χ1) is 9.17. The normalized spacial score (nSPS) is 27.5. The fraction of sp³-hybridized carbons (Fsp3) is 0.600. The van der Waals surface area contributed by atoms with Crippen molar-refractivity contribution in [1.29, 1.82) is 0 Å². The Morgan fingerprint density at radius 2 is 2.16 bits per heavy atom. The van der Waals surface area contributed by atoms with Gasteiger partial charge in [-0.2, -0.15) is 0 Å². The van der Waals surface area contributed by atoms with Crippen molar-refractivity contribution in [2.24, 2.45) is 0 Å². The van der Waals surface area contributed by atoms with Gasteiger partial charge in [0.15, 0.2) is 0 Å². The Kier molecular flexibility index (Phi) is 3.72. The number of nitrogens with one attached hydrogen (secondary N) is 1. The summed E-state index contributed by atoms with van der Waals surface area (Å²) in [6.07, 6.45) is 4.02. The van der Waals surface area contributed by atoms with Crippen molar-refractivity contribution in [2.75, 3.05) is 19.0 Å². The Labute approximate surface area is 123 Å². The third-order valence-electron chi connectivity index (χ3n) is 4.16. The molecule has 1 aromatic carbocycles. The van der Waals surface area contributed by atoms with E-state index in [1.165, 1.54) is 25.8 Å². The Morgan fingerprint density at radius 3 is 2.84 bits per heavy atom. The molecule has 0 amide bonds. The molecule has 1 aromatic rings. The molecule has 1 saturated heterocycles. The lowest BCUT2D eigenvalue weighted by molar-refractivity contribution is 0.257. The van der Waals surface area contributed by atoms with Crippen LogP contribution in [-0.4, -0.2) is 36.7 Å². The largest absolute Gasteiger partial charge is 0.495 e. The van der Waals surface area contributed by atoms with Crippen LogP contribution >= 0.6 is 15.9 Å². The van der Waals surface area contributed by atoms with Gasteiger partial charge in [-0.05, 0) is 54.2 Å². The number of methoxy groups -OCH3 is 1. The van der Waals surface area contributed by atoms with Gasteiger partial charge in [0.2, 0.25) is 0 Å². The fourth-order valence-electron chi connectivity index (χ4n) is 3.06. The van der Waals surface area contributed by atoms with Gasteiger partial charge in [0.05, 0.1) is 11.6 Å². The van der Waals surface area contributed by atoms with Gasteiger partial charge in [0.25, 0.3) is 0 Å². The number of benzene rings is 1. The van der Waals surface area contributed by atoms with E-state index in [1.807, 2.05) is 6.07 Å². The maximum absolute atomic E-state index is 5.34. The van der Waals surface area contributed by atoms with E-state index in [-0.39, 0.29) is 0 Å². The van der Waals surface area contributed by atoms with Crippen LogP contribution in [0.2, 0.25) is 0 Å². The lowest BCUT2D eigenvalue weighted by atomic mass is 10.2. The predicted octanol–water partition coefficient (Wildman–Crippen LogP) is 3.49. The highest BCUT2D eigenvalue weighted by Gasteiger charge is 2.38. The molecule has 1 heterocycles. The van der Waals surface area contributed by atoms with Gasteiger partial charge in [-0.15, -0.1) is 0 Å². The van der Waals surface area contributed by atoms with Gasteiger partial charge in [0, 0.05) is 36.4 Å². The van der Waals surface area contributed by atoms with Crippen molar-refractivity contribution in [3.05, 3.63) is 22.7 Å². The number of ether oxygens (including phenoxy) is 1. The molecule has 2 aliphatic rings. The Bertz CT molecular complexity index is 461. The first-order valence-electron chi connectivity index (χ1n) is 7.03. The summed E-state index contributed by atoms with van der Waals surface area (Å²) in [6, 6.07) is 8.34. The summed E-state index contributed by atoms with van der Waals surface area (Å²) in [4.78, 5) is 2.66. The van der Waals surface area contributed by atoms with Crippen molar-refractivity contribution in [2.45, 2.75) is 44.3 Å². The van der Waals surface area contributed by atoms with E-state index in [0.29, 0.717) is 12.1 Å². The topological polar surface area (TPSA) is 24.5 Å². The van der Waals surface area contributed by atoms with Gasteiger partial charge in [-0.3, -0.25) is 4.90 Å². The monoisotopic (exact) mass is 324 g/mol. The van der Waals surface area contributed by atoms with Crippen molar-refractivity contribution >= 4 is 21.6 Å². The SMILES string of the molecule is COc1cc(NC2CC(C)N(C3CC3)C2)ccc1Br. The molecular weight excluding hydrogens is 304 g/mol. The van der Waals surface area contributed by atoms with E-state index in [0.717, 1.165) is 22.0 Å². The van der Waals surface area contributed by atoms with Crippen LogP contribution in [0, 0.1) is 0 Å². The van der Waals surface area contributed by atoms with Crippen LogP contribution in [0.1, 0.15) is 26.2 Å². The number of hydrogen-bond acceptors (Lipinski definition) is 3. The molecule has 1 N–H and O–H groups in total. The zero-order chi connectivity index (χ0) is 13.4. The van der Waals surface area contributed by atoms with E-state index in [4.69, 9.17) is 4.74 Å². The molecule has 4 heteroatoms. The van der Waals surface area contributed by atoms with Gasteiger partial charge in [0.1, 0.15) is 5.75 Å². The minimum Gasteiger partial charge on any atom is -0.495 e. The second-order valence-corrected chi connectivity index (χ2v) is 6.56. The Morgan fingerprint density at radius 1 is 1.37 bits per heavy atom. The average Bonchev–Trinajstić information content (AvgIpc) is 3.17. The number of likely N-dealkylation sites (tertiary alicyclic amines) is 1. The molecule has 19 heavy (non-hydrogen) atoms. The molecule has 1 aliphatic carbocycles. The van der Waals surface area contributed by atoms with Crippen LogP contribution in [0.25, 0.3) is 0 Å². The van der Waals surface area contributed by atoms with E-state index in [9.17, 15) is 0 Å². The van der Waals surface area contributed by atoms with Crippen LogP contribution in [-0.2, 0) is 0 Å². The molecule has 0 spiro atoms. The van der Waals surface area contributed by atoms with E-state index in [2.05, 4.69) is 45.2 Å². The van der Waals surface area contributed by atoms with Crippen LogP contribution < -0.4 is 10.1 Å². The highest BCUT2D eigenvalue weighted by Crippen LogP contribution is 2.35. The number of nitrogens with zero attached hydrogens (tertiary/aromatic N) is 1. The van der Waals surface area contributed by atoms with E-state index in [1.54, 1.807) is 7.11 Å². The van der Waals surface area contributed by atoms with E-state index >= 15 is 0 Å². The first-order valence-corrected chi connectivity index (χ1v) is 7.82. The summed E-state index contributed by atoms with van der Waals surface area (Å²) < 4.78 is 6.34. The quantitative estimate of drug-likeness (QED) is 0.917. The highest BCUT2D eigenvalue weighted by molar-refractivity contribution is 9.10. The van der Waals surface area contributed by atoms with Crippen molar-refractivity contribution in [3.8, 4) is 5.75 Å². The number of anilines is 1. The number of halogens is 1. The molecule has 3 rings (SSSR count). The summed E-state index contributed by atoms with van der Waals surface area (Å²) in [5.74, 6) is 0.884. The second kappa shape index (κ2) is 5.33. The highest BCUT2D eigenvalue weighted by atomic mass is 79.9. The van der Waals surface area contributed by atoms with Crippen LogP contribution in [0.5, 0.6) is 5.75 Å². The standard InChI is InChI=1S/C15H21BrN2O/c1-10-7-12(9-18(10)13-4-5-13)17-11-3-6-14(16)15(8-11)19-2/h3,6,8,10,12-13,17H,4-5,7,9H2,1-2H3. The van der Waals surface area contributed by atoms with Crippen LogP contribution in [0.15, 0.2) is 22.7 Å². The maximum atomic E-state index is 5.34. The van der Waals surface area contributed by atoms with E-state index < -0.39 is 0 Å². The molecule has 2 fully saturated rings. The Hall–Kier alpha value is -0.740. The van der Waals surface area contributed by atoms with Crippen LogP contribution in [0.3, 0.4) is 0 Å². The van der Waals surface area contributed by atoms with Gasteiger partial charge >= 0.3 is 0 Å². The summed E-state index contributed by atoms with van der Waals surface area (Å²) in [6.45, 7) is 3.52.